The third kappa shape index (κ3) is 2.61. The zero-order valence-electron chi connectivity index (χ0n) is 17.5. The van der Waals surface area contributed by atoms with Crippen molar-refractivity contribution in [3.63, 3.8) is 0 Å². The second kappa shape index (κ2) is 6.72. The van der Waals surface area contributed by atoms with Crippen LogP contribution in [-0.4, -0.2) is 33.6 Å². The highest BCUT2D eigenvalue weighted by atomic mass is 16.5. The number of fused-ring (bicyclic) bond motifs is 3. The lowest BCUT2D eigenvalue weighted by molar-refractivity contribution is -0.123. The number of hydrogen-bond donors (Lipinski definition) is 3. The van der Waals surface area contributed by atoms with Crippen molar-refractivity contribution in [3.05, 3.63) is 39.8 Å². The van der Waals surface area contributed by atoms with E-state index in [2.05, 4.69) is 5.32 Å². The predicted octanol–water partition coefficient (Wildman–Crippen LogP) is 3.10. The number of carbonyl (C=O) groups is 3. The van der Waals surface area contributed by atoms with Crippen LogP contribution < -0.4 is 10.1 Å². The molecular formula is C23H25NO6. The van der Waals surface area contributed by atoms with Crippen molar-refractivity contribution in [2.24, 2.45) is 0 Å². The Morgan fingerprint density at radius 1 is 1.17 bits per heavy atom. The zero-order chi connectivity index (χ0) is 22.0. The highest BCUT2D eigenvalue weighted by molar-refractivity contribution is 6.31. The Hall–Kier alpha value is -3.09. The summed E-state index contributed by atoms with van der Waals surface area (Å²) in [5.74, 6) is -2.18. The van der Waals surface area contributed by atoms with Crippen LogP contribution in [0.5, 0.6) is 17.2 Å². The predicted molar refractivity (Wildman–Crippen MR) is 109 cm³/mol. The Balaban J connectivity index is 1.91. The molecule has 1 heterocycles. The lowest BCUT2D eigenvalue weighted by atomic mass is 9.70. The van der Waals surface area contributed by atoms with Crippen molar-refractivity contribution in [2.45, 2.75) is 64.8 Å². The molecule has 0 amide bonds. The second-order valence-electron chi connectivity index (χ2n) is 8.51. The molecule has 2 aliphatic carbocycles. The average Bonchev–Trinajstić information content (AvgIpc) is 3.26. The number of Topliss-reactive ketones (excluding diaryl/α,β-unsaturated/α-hetero) is 2. The van der Waals surface area contributed by atoms with Gasteiger partial charge >= 0.3 is 0 Å². The van der Waals surface area contributed by atoms with E-state index in [1.165, 1.54) is 19.9 Å². The van der Waals surface area contributed by atoms with Gasteiger partial charge in [0.05, 0.1) is 11.1 Å². The molecule has 7 nitrogen and oxygen atoms in total. The smallest absolute Gasteiger partial charge is 0.194 e. The molecule has 0 bridgehead atoms. The molecular weight excluding hydrogens is 386 g/mol. The van der Waals surface area contributed by atoms with Crippen LogP contribution in [0, 0.1) is 6.92 Å². The van der Waals surface area contributed by atoms with E-state index in [1.807, 2.05) is 0 Å². The summed E-state index contributed by atoms with van der Waals surface area (Å²) in [5, 5.41) is 24.5. The molecule has 1 aliphatic heterocycles. The molecule has 0 aromatic heterocycles. The summed E-state index contributed by atoms with van der Waals surface area (Å²) < 4.78 is 5.76. The van der Waals surface area contributed by atoms with Crippen molar-refractivity contribution in [1.29, 1.82) is 0 Å². The number of phenolic OH excluding ortho intramolecular Hbond substituents is 2. The van der Waals surface area contributed by atoms with Crippen LogP contribution in [0.3, 0.4) is 0 Å². The number of ether oxygens (including phenoxy) is 1. The summed E-state index contributed by atoms with van der Waals surface area (Å²) in [5.41, 5.74) is -0.852. The Morgan fingerprint density at radius 3 is 2.40 bits per heavy atom. The topological polar surface area (TPSA) is 113 Å². The lowest BCUT2D eigenvalue weighted by Crippen LogP contribution is -2.41. The number of hydrogen-bond acceptors (Lipinski definition) is 7. The number of nitrogens with one attached hydrogen (secondary N) is 1. The van der Waals surface area contributed by atoms with Crippen molar-refractivity contribution in [3.8, 4) is 17.2 Å². The van der Waals surface area contributed by atoms with E-state index >= 15 is 0 Å². The Bertz CT molecular complexity index is 1070. The molecule has 0 spiro atoms. The van der Waals surface area contributed by atoms with Crippen LogP contribution in [0.15, 0.2) is 23.1 Å². The van der Waals surface area contributed by atoms with Crippen LogP contribution in [0.1, 0.15) is 67.9 Å². The van der Waals surface area contributed by atoms with Crippen LogP contribution in [0.4, 0.5) is 0 Å². The van der Waals surface area contributed by atoms with Gasteiger partial charge in [0.1, 0.15) is 34.0 Å². The molecule has 7 heteroatoms. The minimum Gasteiger partial charge on any atom is -0.507 e. The summed E-state index contributed by atoms with van der Waals surface area (Å²) in [7, 11) is 0. The first-order valence-corrected chi connectivity index (χ1v) is 10.2. The molecule has 1 atom stereocenters. The molecule has 30 heavy (non-hydrogen) atoms. The minimum atomic E-state index is -1.47. The van der Waals surface area contributed by atoms with Gasteiger partial charge in [-0.3, -0.25) is 14.4 Å². The van der Waals surface area contributed by atoms with Crippen molar-refractivity contribution in [2.75, 3.05) is 0 Å². The monoisotopic (exact) mass is 411 g/mol. The lowest BCUT2D eigenvalue weighted by Gasteiger charge is -2.29. The largest absolute Gasteiger partial charge is 0.507 e. The summed E-state index contributed by atoms with van der Waals surface area (Å²) >= 11 is 0. The fourth-order valence-electron chi connectivity index (χ4n) is 4.81. The van der Waals surface area contributed by atoms with Gasteiger partial charge in [-0.15, -0.1) is 0 Å². The highest BCUT2D eigenvalue weighted by Gasteiger charge is 2.56. The first kappa shape index (κ1) is 20.2. The standard InChI is InChI=1S/C23H25NO6/c1-10-19(27)17(12(3)25)21-18(20(10)28)23(4)15(30-21)9-14(26)16(22(23)29)11(2)24-13-7-5-6-8-13/h9,13,24,27-28H,5-8H2,1-4H3/t23-/m0/s1. The van der Waals surface area contributed by atoms with Crippen LogP contribution in [0.2, 0.25) is 0 Å². The maximum atomic E-state index is 13.6. The first-order chi connectivity index (χ1) is 14.1. The zero-order valence-corrected chi connectivity index (χ0v) is 17.5. The third-order valence-corrected chi connectivity index (χ3v) is 6.54. The number of carbonyl (C=O) groups excluding carboxylic acids is 3. The third-order valence-electron chi connectivity index (χ3n) is 6.54. The highest BCUT2D eigenvalue weighted by Crippen LogP contribution is 2.57. The number of rotatable bonds is 3. The van der Waals surface area contributed by atoms with Crippen molar-refractivity contribution >= 4 is 17.3 Å². The van der Waals surface area contributed by atoms with Gasteiger partial charge in [-0.25, -0.2) is 0 Å². The Labute approximate surface area is 174 Å². The summed E-state index contributed by atoms with van der Waals surface area (Å²) in [4.78, 5) is 38.7. The van der Waals surface area contributed by atoms with Gasteiger partial charge in [0.2, 0.25) is 0 Å². The van der Waals surface area contributed by atoms with E-state index in [1.54, 1.807) is 13.8 Å². The maximum Gasteiger partial charge on any atom is 0.194 e. The van der Waals surface area contributed by atoms with Gasteiger partial charge in [-0.1, -0.05) is 12.8 Å². The molecule has 0 radical (unpaired) electrons. The van der Waals surface area contributed by atoms with Crippen molar-refractivity contribution in [1.82, 2.24) is 5.32 Å². The Kier molecular flexibility index (Phi) is 4.52. The SMILES string of the molecule is CC(=O)c1c(O)c(C)c(O)c2c1OC1=CC(=O)C(=C(C)NC3CCCC3)C(=O)[C@@]12C. The van der Waals surface area contributed by atoms with Crippen LogP contribution >= 0.6 is 0 Å². The number of phenols is 2. The molecule has 3 aliphatic rings. The van der Waals surface area contributed by atoms with E-state index in [0.29, 0.717) is 5.70 Å². The second-order valence-corrected chi connectivity index (χ2v) is 8.51. The van der Waals surface area contributed by atoms with Gasteiger partial charge < -0.3 is 20.3 Å². The Morgan fingerprint density at radius 2 is 1.80 bits per heavy atom. The van der Waals surface area contributed by atoms with Crippen LogP contribution in [-0.2, 0) is 15.0 Å². The van der Waals surface area contributed by atoms with Crippen molar-refractivity contribution < 1.29 is 29.3 Å². The fraction of sp³-hybridized carbons (Fsp3) is 0.435. The number of aromatic hydroxyl groups is 2. The summed E-state index contributed by atoms with van der Waals surface area (Å²) in [6.45, 7) is 6.01. The number of allylic oxidation sites excluding steroid dienone is 4. The van der Waals surface area contributed by atoms with E-state index < -0.39 is 28.5 Å². The number of benzene rings is 1. The molecule has 1 saturated carbocycles. The quantitative estimate of drug-likeness (QED) is 0.398. The molecule has 1 aromatic carbocycles. The molecule has 1 fully saturated rings. The minimum absolute atomic E-state index is 0.0269. The molecule has 0 saturated heterocycles. The van der Waals surface area contributed by atoms with Gasteiger partial charge in [0.15, 0.2) is 17.3 Å². The molecule has 0 unspecified atom stereocenters. The van der Waals surface area contributed by atoms with Crippen LogP contribution in [0.25, 0.3) is 0 Å². The van der Waals surface area contributed by atoms with Gasteiger partial charge in [0, 0.05) is 23.4 Å². The van der Waals surface area contributed by atoms with E-state index in [4.69, 9.17) is 4.74 Å². The van der Waals surface area contributed by atoms with Gasteiger partial charge in [0.25, 0.3) is 0 Å². The summed E-state index contributed by atoms with van der Waals surface area (Å²) in [6.07, 6.45) is 5.43. The molecule has 1 aromatic rings. The first-order valence-electron chi connectivity index (χ1n) is 10.2. The van der Waals surface area contributed by atoms with E-state index in [-0.39, 0.29) is 45.6 Å². The fourth-order valence-corrected chi connectivity index (χ4v) is 4.81. The summed E-state index contributed by atoms with van der Waals surface area (Å²) in [6, 6.07) is 0.223. The maximum absolute atomic E-state index is 13.6. The molecule has 3 N–H and O–H groups in total. The van der Waals surface area contributed by atoms with E-state index in [0.717, 1.165) is 25.7 Å². The van der Waals surface area contributed by atoms with E-state index in [9.17, 15) is 24.6 Å². The normalized spacial score (nSPS) is 24.9. The van der Waals surface area contributed by atoms with Gasteiger partial charge in [-0.05, 0) is 40.5 Å². The average molecular weight is 411 g/mol. The van der Waals surface area contributed by atoms with Gasteiger partial charge in [-0.2, -0.15) is 0 Å². The number of ketones is 3. The molecule has 4 rings (SSSR count). The molecule has 158 valence electrons.